The fourth-order valence-corrected chi connectivity index (χ4v) is 7.04. The van der Waals surface area contributed by atoms with E-state index in [-0.39, 0.29) is 11.4 Å². The number of hydrogen-bond donors (Lipinski definition) is 2. The minimum Gasteiger partial charge on any atom is -0.369 e. The highest BCUT2D eigenvalue weighted by atomic mass is 32.2. The molecule has 3 N–H and O–H groups in total. The Morgan fingerprint density at radius 1 is 1.08 bits per heavy atom. The van der Waals surface area contributed by atoms with Crippen molar-refractivity contribution in [3.8, 4) is 0 Å². The van der Waals surface area contributed by atoms with Gasteiger partial charge in [0, 0.05) is 19.1 Å². The highest BCUT2D eigenvalue weighted by Gasteiger charge is 2.39. The quantitative estimate of drug-likeness (QED) is 0.467. The summed E-state index contributed by atoms with van der Waals surface area (Å²) in [5, 5.41) is -1.87. The molecule has 1 aliphatic rings. The van der Waals surface area contributed by atoms with Gasteiger partial charge in [-0.1, -0.05) is 24.3 Å². The molecule has 1 heterocycles. The van der Waals surface area contributed by atoms with E-state index in [0.717, 1.165) is 18.2 Å². The van der Waals surface area contributed by atoms with Gasteiger partial charge in [-0.05, 0) is 48.7 Å². The lowest BCUT2D eigenvalue weighted by Crippen LogP contribution is -2.47. The lowest BCUT2D eigenvalue weighted by atomic mass is 10.0. The zero-order chi connectivity index (χ0) is 26.7. The molecule has 36 heavy (non-hydrogen) atoms. The Kier molecular flexibility index (Phi) is 8.28. The molecule has 1 atom stereocenters. The molecule has 1 unspecified atom stereocenters. The third-order valence-corrected chi connectivity index (χ3v) is 9.39. The van der Waals surface area contributed by atoms with Crippen molar-refractivity contribution >= 4 is 25.8 Å². The number of halogens is 3. The predicted octanol–water partition coefficient (Wildman–Crippen LogP) is 2.63. The number of likely N-dealkylation sites (tertiary alicyclic amines) is 1. The molecule has 0 aliphatic carbocycles. The topological polar surface area (TPSA) is 127 Å². The number of nitrogens with one attached hydrogen (secondary N) is 1. The SMILES string of the molecule is C=CC(c1cc(S(=O)(=O)c2ccccc2)ccc1C(F)(F)F)S(=O)(=O)NC1CCN(CC(N)=O)CC1. The Hall–Kier alpha value is -2.74. The molecule has 2 aromatic rings. The molecule has 2 aromatic carbocycles. The number of benzene rings is 2. The van der Waals surface area contributed by atoms with Crippen molar-refractivity contribution < 1.29 is 34.8 Å². The molecule has 0 aromatic heterocycles. The fraction of sp³-hybridized carbons (Fsp3) is 0.348. The Balaban J connectivity index is 1.97. The summed E-state index contributed by atoms with van der Waals surface area (Å²) < 4.78 is 96.4. The van der Waals surface area contributed by atoms with Crippen LogP contribution in [0, 0.1) is 0 Å². The maximum atomic E-state index is 13.8. The van der Waals surface area contributed by atoms with Gasteiger partial charge in [-0.15, -0.1) is 6.58 Å². The number of carbonyl (C=O) groups is 1. The highest BCUT2D eigenvalue weighted by Crippen LogP contribution is 2.39. The number of rotatable bonds is 9. The molecule has 0 radical (unpaired) electrons. The van der Waals surface area contributed by atoms with Crippen LogP contribution in [0.15, 0.2) is 71.0 Å². The first-order chi connectivity index (χ1) is 16.8. The van der Waals surface area contributed by atoms with Gasteiger partial charge >= 0.3 is 6.18 Å². The van der Waals surface area contributed by atoms with Crippen LogP contribution in [0.1, 0.15) is 29.2 Å². The van der Waals surface area contributed by atoms with Gasteiger partial charge in [0.05, 0.1) is 21.9 Å². The lowest BCUT2D eigenvalue weighted by Gasteiger charge is -2.32. The number of alkyl halides is 3. The van der Waals surface area contributed by atoms with Gasteiger partial charge in [-0.25, -0.2) is 21.6 Å². The second-order valence-corrected chi connectivity index (χ2v) is 12.2. The largest absolute Gasteiger partial charge is 0.416 e. The molecule has 196 valence electrons. The van der Waals surface area contributed by atoms with Crippen LogP contribution in [-0.2, 0) is 30.8 Å². The van der Waals surface area contributed by atoms with E-state index in [0.29, 0.717) is 32.0 Å². The summed E-state index contributed by atoms with van der Waals surface area (Å²) in [6.45, 7) is 4.18. The Bertz CT molecular complexity index is 1320. The summed E-state index contributed by atoms with van der Waals surface area (Å²) in [4.78, 5) is 12.2. The molecule has 3 rings (SSSR count). The van der Waals surface area contributed by atoms with Crippen LogP contribution >= 0.6 is 0 Å². The number of amides is 1. The summed E-state index contributed by atoms with van der Waals surface area (Å²) >= 11 is 0. The van der Waals surface area contributed by atoms with E-state index in [4.69, 9.17) is 5.73 Å². The molecule has 1 saturated heterocycles. The van der Waals surface area contributed by atoms with E-state index in [9.17, 15) is 34.8 Å². The molecular weight excluding hydrogens is 519 g/mol. The van der Waals surface area contributed by atoms with Crippen LogP contribution in [0.25, 0.3) is 0 Å². The first kappa shape index (κ1) is 27.8. The van der Waals surface area contributed by atoms with Gasteiger partial charge < -0.3 is 5.73 Å². The molecule has 1 amide bonds. The van der Waals surface area contributed by atoms with E-state index in [1.54, 1.807) is 11.0 Å². The smallest absolute Gasteiger partial charge is 0.369 e. The fourth-order valence-electron chi connectivity index (χ4n) is 4.09. The molecule has 0 spiro atoms. The van der Waals surface area contributed by atoms with Crippen molar-refractivity contribution in [3.05, 3.63) is 72.3 Å². The average molecular weight is 546 g/mol. The minimum absolute atomic E-state index is 0.0202. The van der Waals surface area contributed by atoms with E-state index in [1.165, 1.54) is 24.3 Å². The summed E-state index contributed by atoms with van der Waals surface area (Å²) in [6, 6.07) is 8.63. The van der Waals surface area contributed by atoms with Crippen molar-refractivity contribution in [2.24, 2.45) is 5.73 Å². The van der Waals surface area contributed by atoms with Crippen LogP contribution in [0.3, 0.4) is 0 Å². The third-order valence-electron chi connectivity index (χ3n) is 5.85. The second-order valence-electron chi connectivity index (χ2n) is 8.40. The number of carbonyl (C=O) groups excluding carboxylic acids is 1. The number of hydrogen-bond acceptors (Lipinski definition) is 6. The maximum Gasteiger partial charge on any atom is 0.416 e. The number of sulfone groups is 1. The standard InChI is InChI=1S/C23H26F3N3O5S2/c1-2-21(36(33,34)28-16-10-12-29(13-11-16)15-22(27)30)19-14-18(8-9-20(19)23(24,25)26)35(31,32)17-6-4-3-5-7-17/h2-9,14,16,21,28H,1,10-13,15H2,(H2,27,30). The zero-order valence-electron chi connectivity index (χ0n) is 19.1. The lowest BCUT2D eigenvalue weighted by molar-refractivity contribution is -0.138. The molecule has 0 bridgehead atoms. The molecular formula is C23H26F3N3O5S2. The third kappa shape index (κ3) is 6.33. The Morgan fingerprint density at radius 2 is 1.69 bits per heavy atom. The first-order valence-corrected chi connectivity index (χ1v) is 13.9. The van der Waals surface area contributed by atoms with Crippen molar-refractivity contribution in [2.75, 3.05) is 19.6 Å². The van der Waals surface area contributed by atoms with Crippen LogP contribution in [0.2, 0.25) is 0 Å². The Morgan fingerprint density at radius 3 is 2.22 bits per heavy atom. The normalized spacial score (nSPS) is 17.0. The van der Waals surface area contributed by atoms with Crippen LogP contribution < -0.4 is 10.5 Å². The van der Waals surface area contributed by atoms with Crippen molar-refractivity contribution in [1.29, 1.82) is 0 Å². The number of nitrogens with zero attached hydrogens (tertiary/aromatic N) is 1. The zero-order valence-corrected chi connectivity index (χ0v) is 20.7. The first-order valence-electron chi connectivity index (χ1n) is 10.9. The average Bonchev–Trinajstić information content (AvgIpc) is 2.80. The van der Waals surface area contributed by atoms with E-state index >= 15 is 0 Å². The maximum absolute atomic E-state index is 13.8. The predicted molar refractivity (Wildman–Crippen MR) is 127 cm³/mol. The van der Waals surface area contributed by atoms with Crippen LogP contribution in [0.4, 0.5) is 13.2 Å². The van der Waals surface area contributed by atoms with E-state index < -0.39 is 59.3 Å². The molecule has 8 nitrogen and oxygen atoms in total. The number of nitrogens with two attached hydrogens (primary N) is 1. The summed E-state index contributed by atoms with van der Waals surface area (Å²) in [6.07, 6.45) is -3.48. The number of piperidine rings is 1. The van der Waals surface area contributed by atoms with Gasteiger partial charge in [-0.2, -0.15) is 13.2 Å². The van der Waals surface area contributed by atoms with Crippen molar-refractivity contribution in [1.82, 2.24) is 9.62 Å². The van der Waals surface area contributed by atoms with Gasteiger partial charge in [0.15, 0.2) is 0 Å². The van der Waals surface area contributed by atoms with E-state index in [1.807, 2.05) is 0 Å². The minimum atomic E-state index is -4.94. The monoisotopic (exact) mass is 545 g/mol. The van der Waals surface area contributed by atoms with Gasteiger partial charge in [-0.3, -0.25) is 9.69 Å². The number of primary amides is 1. The highest BCUT2D eigenvalue weighted by molar-refractivity contribution is 7.91. The Labute approximate surface area is 208 Å². The summed E-state index contributed by atoms with van der Waals surface area (Å²) in [7, 11) is -8.66. The van der Waals surface area contributed by atoms with Crippen molar-refractivity contribution in [2.45, 2.75) is 40.1 Å². The second kappa shape index (κ2) is 10.7. The molecule has 1 fully saturated rings. The van der Waals surface area contributed by atoms with Gasteiger partial charge in [0.2, 0.25) is 25.8 Å². The van der Waals surface area contributed by atoms with Crippen LogP contribution in [-0.4, -0.2) is 53.3 Å². The summed E-state index contributed by atoms with van der Waals surface area (Å²) in [5.41, 5.74) is 3.15. The molecule has 0 saturated carbocycles. The van der Waals surface area contributed by atoms with Gasteiger partial charge in [0.1, 0.15) is 5.25 Å². The van der Waals surface area contributed by atoms with Gasteiger partial charge in [0.25, 0.3) is 0 Å². The van der Waals surface area contributed by atoms with Crippen LogP contribution in [0.5, 0.6) is 0 Å². The summed E-state index contributed by atoms with van der Waals surface area (Å²) in [5.74, 6) is -0.522. The molecule has 13 heteroatoms. The van der Waals surface area contributed by atoms with Crippen molar-refractivity contribution in [3.63, 3.8) is 0 Å². The van der Waals surface area contributed by atoms with E-state index in [2.05, 4.69) is 11.3 Å². The molecule has 1 aliphatic heterocycles. The number of sulfonamides is 1.